The fourth-order valence-electron chi connectivity index (χ4n) is 1.31. The third-order valence-electron chi connectivity index (χ3n) is 2.02. The Labute approximate surface area is 84.3 Å². The average molecular weight is 220 g/mol. The fourth-order valence-corrected chi connectivity index (χ4v) is 1.31. The molecule has 0 unspecified atom stereocenters. The summed E-state index contributed by atoms with van der Waals surface area (Å²) in [5.74, 6) is 0. The van der Waals surface area contributed by atoms with Crippen molar-refractivity contribution in [1.82, 2.24) is 4.57 Å². The molecule has 0 spiro atoms. The van der Waals surface area contributed by atoms with Gasteiger partial charge in [-0.25, -0.2) is 0 Å². The van der Waals surface area contributed by atoms with Gasteiger partial charge in [0.1, 0.15) is 0 Å². The largest absolute Gasteiger partial charge is 0.416 e. The van der Waals surface area contributed by atoms with Gasteiger partial charge in [-0.05, 0) is 13.0 Å². The lowest BCUT2D eigenvalue weighted by atomic mass is 10.2. The second-order valence-electron chi connectivity index (χ2n) is 3.16. The minimum absolute atomic E-state index is 0.214. The van der Waals surface area contributed by atoms with E-state index >= 15 is 0 Å². The molecule has 0 amide bonds. The lowest BCUT2D eigenvalue weighted by molar-refractivity contribution is -0.137. The Morgan fingerprint density at radius 2 is 2.00 bits per heavy atom. The van der Waals surface area contributed by atoms with Crippen LogP contribution in [0.3, 0.4) is 0 Å². The van der Waals surface area contributed by atoms with Crippen molar-refractivity contribution in [1.29, 1.82) is 0 Å². The minimum atomic E-state index is -4.48. The Bertz CT molecular complexity index is 409. The number of alkyl halides is 3. The second kappa shape index (κ2) is 4.06. The monoisotopic (exact) mass is 220 g/mol. The highest BCUT2D eigenvalue weighted by Gasteiger charge is 2.31. The molecule has 2 N–H and O–H groups in total. The van der Waals surface area contributed by atoms with Crippen LogP contribution in [0.2, 0.25) is 0 Å². The van der Waals surface area contributed by atoms with Crippen LogP contribution in [-0.4, -0.2) is 11.1 Å². The zero-order chi connectivity index (χ0) is 11.6. The van der Waals surface area contributed by atoms with Crippen LogP contribution in [0.15, 0.2) is 16.9 Å². The normalized spacial score (nSPS) is 11.8. The van der Waals surface area contributed by atoms with E-state index in [1.54, 1.807) is 0 Å². The molecule has 0 radical (unpaired) electrons. The zero-order valence-electron chi connectivity index (χ0n) is 8.14. The van der Waals surface area contributed by atoms with E-state index in [0.717, 1.165) is 6.07 Å². The van der Waals surface area contributed by atoms with Gasteiger partial charge in [-0.3, -0.25) is 4.79 Å². The fraction of sp³-hybridized carbons (Fsp3) is 0.444. The van der Waals surface area contributed by atoms with Crippen LogP contribution in [0, 0.1) is 6.92 Å². The number of hydrogen-bond acceptors (Lipinski definition) is 2. The number of rotatable bonds is 2. The van der Waals surface area contributed by atoms with E-state index in [4.69, 9.17) is 5.73 Å². The summed E-state index contributed by atoms with van der Waals surface area (Å²) in [6.45, 7) is 1.89. The van der Waals surface area contributed by atoms with Crippen LogP contribution in [0.25, 0.3) is 0 Å². The number of aryl methyl sites for hydroxylation is 1. The maximum Gasteiger partial charge on any atom is 0.416 e. The first kappa shape index (κ1) is 11.8. The Hall–Kier alpha value is -1.30. The summed E-state index contributed by atoms with van der Waals surface area (Å²) in [4.78, 5) is 11.3. The molecule has 0 fully saturated rings. The lowest BCUT2D eigenvalue weighted by Gasteiger charge is -2.12. The maximum absolute atomic E-state index is 12.3. The lowest BCUT2D eigenvalue weighted by Crippen LogP contribution is -2.27. The van der Waals surface area contributed by atoms with Gasteiger partial charge in [0.25, 0.3) is 5.56 Å². The van der Waals surface area contributed by atoms with Crippen molar-refractivity contribution in [3.63, 3.8) is 0 Å². The van der Waals surface area contributed by atoms with Gasteiger partial charge in [0, 0.05) is 24.8 Å². The molecule has 1 rings (SSSR count). The van der Waals surface area contributed by atoms with Gasteiger partial charge in [0.2, 0.25) is 0 Å². The topological polar surface area (TPSA) is 48.0 Å². The molecule has 0 atom stereocenters. The first-order valence-electron chi connectivity index (χ1n) is 4.35. The molecule has 1 aromatic rings. The molecular weight excluding hydrogens is 209 g/mol. The van der Waals surface area contributed by atoms with Crippen molar-refractivity contribution in [2.24, 2.45) is 5.73 Å². The SMILES string of the molecule is Cc1cc(C(F)(F)F)cc(=O)n1CCN. The smallest absolute Gasteiger partial charge is 0.329 e. The third-order valence-corrected chi connectivity index (χ3v) is 2.02. The summed E-state index contributed by atoms with van der Waals surface area (Å²) in [5.41, 5.74) is 3.91. The molecule has 1 aromatic heterocycles. The van der Waals surface area contributed by atoms with Gasteiger partial charge in [-0.1, -0.05) is 0 Å². The predicted octanol–water partition coefficient (Wildman–Crippen LogP) is 1.13. The molecule has 1 heterocycles. The third kappa shape index (κ3) is 2.59. The van der Waals surface area contributed by atoms with E-state index in [1.807, 2.05) is 0 Å². The first-order chi connectivity index (χ1) is 6.86. The van der Waals surface area contributed by atoms with E-state index in [9.17, 15) is 18.0 Å². The number of pyridine rings is 1. The molecule has 0 saturated heterocycles. The van der Waals surface area contributed by atoms with Crippen molar-refractivity contribution in [3.8, 4) is 0 Å². The average Bonchev–Trinajstić information content (AvgIpc) is 2.09. The summed E-state index contributed by atoms with van der Waals surface area (Å²) in [5, 5.41) is 0. The summed E-state index contributed by atoms with van der Waals surface area (Å²) in [6.07, 6.45) is -4.48. The maximum atomic E-state index is 12.3. The molecule has 15 heavy (non-hydrogen) atoms. The molecule has 0 aliphatic rings. The molecular formula is C9H11F3N2O. The van der Waals surface area contributed by atoms with Gasteiger partial charge in [0.05, 0.1) is 5.56 Å². The van der Waals surface area contributed by atoms with E-state index in [0.29, 0.717) is 6.07 Å². The van der Waals surface area contributed by atoms with E-state index in [-0.39, 0.29) is 18.8 Å². The van der Waals surface area contributed by atoms with E-state index in [2.05, 4.69) is 0 Å². The summed E-state index contributed by atoms with van der Waals surface area (Å²) in [6, 6.07) is 1.53. The molecule has 0 saturated carbocycles. The van der Waals surface area contributed by atoms with Crippen LogP contribution < -0.4 is 11.3 Å². The summed E-state index contributed by atoms with van der Waals surface area (Å²) >= 11 is 0. The zero-order valence-corrected chi connectivity index (χ0v) is 8.14. The van der Waals surface area contributed by atoms with Gasteiger partial charge in [0.15, 0.2) is 0 Å². The Morgan fingerprint density at radius 3 is 2.40 bits per heavy atom. The first-order valence-corrected chi connectivity index (χ1v) is 4.35. The summed E-state index contributed by atoms with van der Waals surface area (Å²) < 4.78 is 38.1. The van der Waals surface area contributed by atoms with E-state index < -0.39 is 17.3 Å². The Balaban J connectivity index is 3.26. The number of nitrogens with two attached hydrogens (primary N) is 1. The molecule has 0 aromatic carbocycles. The molecule has 84 valence electrons. The van der Waals surface area contributed by atoms with Gasteiger partial charge < -0.3 is 10.3 Å². The molecule has 3 nitrogen and oxygen atoms in total. The number of nitrogens with zero attached hydrogens (tertiary/aromatic N) is 1. The van der Waals surface area contributed by atoms with Crippen LogP contribution in [0.5, 0.6) is 0 Å². The second-order valence-corrected chi connectivity index (χ2v) is 3.16. The van der Waals surface area contributed by atoms with Gasteiger partial charge in [-0.2, -0.15) is 13.2 Å². The van der Waals surface area contributed by atoms with Crippen molar-refractivity contribution in [3.05, 3.63) is 33.7 Å². The quantitative estimate of drug-likeness (QED) is 0.812. The van der Waals surface area contributed by atoms with Crippen molar-refractivity contribution in [2.45, 2.75) is 19.6 Å². The highest BCUT2D eigenvalue weighted by molar-refractivity contribution is 5.20. The number of hydrogen-bond donors (Lipinski definition) is 1. The van der Waals surface area contributed by atoms with Crippen LogP contribution >= 0.6 is 0 Å². The van der Waals surface area contributed by atoms with Gasteiger partial charge >= 0.3 is 6.18 Å². The van der Waals surface area contributed by atoms with Gasteiger partial charge in [-0.15, -0.1) is 0 Å². The Kier molecular flexibility index (Phi) is 3.18. The van der Waals surface area contributed by atoms with Crippen LogP contribution in [0.4, 0.5) is 13.2 Å². The molecule has 0 aliphatic heterocycles. The Morgan fingerprint density at radius 1 is 1.40 bits per heavy atom. The number of aromatic nitrogens is 1. The molecule has 6 heteroatoms. The van der Waals surface area contributed by atoms with Crippen LogP contribution in [-0.2, 0) is 12.7 Å². The van der Waals surface area contributed by atoms with Crippen molar-refractivity contribution in [2.75, 3.05) is 6.54 Å². The van der Waals surface area contributed by atoms with E-state index in [1.165, 1.54) is 11.5 Å². The molecule has 0 aliphatic carbocycles. The summed E-state index contributed by atoms with van der Waals surface area (Å²) in [7, 11) is 0. The standard InChI is InChI=1S/C9H11F3N2O/c1-6-4-7(9(10,11)12)5-8(15)14(6)3-2-13/h4-5H,2-3,13H2,1H3. The molecule has 0 bridgehead atoms. The highest BCUT2D eigenvalue weighted by atomic mass is 19.4. The number of halogens is 3. The van der Waals surface area contributed by atoms with Crippen LogP contribution in [0.1, 0.15) is 11.3 Å². The highest BCUT2D eigenvalue weighted by Crippen LogP contribution is 2.28. The van der Waals surface area contributed by atoms with Crippen molar-refractivity contribution < 1.29 is 13.2 Å². The predicted molar refractivity (Wildman–Crippen MR) is 49.5 cm³/mol. The minimum Gasteiger partial charge on any atom is -0.329 e. The van der Waals surface area contributed by atoms with Crippen molar-refractivity contribution >= 4 is 0 Å².